The average molecular weight is 327 g/mol. The minimum Gasteiger partial charge on any atom is -0.493 e. The van der Waals surface area contributed by atoms with Crippen molar-refractivity contribution in [1.82, 2.24) is 5.32 Å². The zero-order chi connectivity index (χ0) is 17.7. The molecule has 2 rings (SSSR count). The maximum absolute atomic E-state index is 12.5. The lowest BCUT2D eigenvalue weighted by Gasteiger charge is -2.21. The molecular formula is C20H25NO3. The monoisotopic (exact) mass is 327 g/mol. The van der Waals surface area contributed by atoms with E-state index in [1.807, 2.05) is 32.9 Å². The Morgan fingerprint density at radius 1 is 1.04 bits per heavy atom. The van der Waals surface area contributed by atoms with Crippen LogP contribution in [0.4, 0.5) is 0 Å². The van der Waals surface area contributed by atoms with E-state index in [2.05, 4.69) is 23.5 Å². The highest BCUT2D eigenvalue weighted by molar-refractivity contribution is 5.81. The van der Waals surface area contributed by atoms with Crippen LogP contribution in [-0.4, -0.2) is 19.1 Å². The smallest absolute Gasteiger partial charge is 0.261 e. The summed E-state index contributed by atoms with van der Waals surface area (Å²) < 4.78 is 11.0. The standard InChI is InChI=1S/C20H25NO3/c1-13-10-11-14(2)17(12-13)15(3)21-20(22)16(4)24-19-9-7-6-8-18(19)23-5/h6-12,15-16H,1-5H3,(H,21,22). The summed E-state index contributed by atoms with van der Waals surface area (Å²) in [6, 6.07) is 13.5. The summed E-state index contributed by atoms with van der Waals surface area (Å²) in [5.74, 6) is 1.01. The van der Waals surface area contributed by atoms with Gasteiger partial charge in [-0.05, 0) is 51.0 Å². The second-order valence-corrected chi connectivity index (χ2v) is 6.00. The van der Waals surface area contributed by atoms with Crippen LogP contribution in [0.3, 0.4) is 0 Å². The number of aryl methyl sites for hydroxylation is 2. The van der Waals surface area contributed by atoms with Crippen molar-refractivity contribution in [2.75, 3.05) is 7.11 Å². The van der Waals surface area contributed by atoms with Crippen molar-refractivity contribution in [1.29, 1.82) is 0 Å². The SMILES string of the molecule is COc1ccccc1OC(C)C(=O)NC(C)c1cc(C)ccc1C. The number of para-hydroxylation sites is 2. The van der Waals surface area contributed by atoms with Crippen LogP contribution < -0.4 is 14.8 Å². The molecule has 0 aromatic heterocycles. The Hall–Kier alpha value is -2.49. The van der Waals surface area contributed by atoms with Crippen molar-refractivity contribution in [3.8, 4) is 11.5 Å². The van der Waals surface area contributed by atoms with Gasteiger partial charge in [-0.2, -0.15) is 0 Å². The van der Waals surface area contributed by atoms with Crippen LogP contribution in [0, 0.1) is 13.8 Å². The van der Waals surface area contributed by atoms with Crippen molar-refractivity contribution in [2.24, 2.45) is 0 Å². The minimum atomic E-state index is -0.617. The van der Waals surface area contributed by atoms with E-state index in [1.165, 1.54) is 5.56 Å². The van der Waals surface area contributed by atoms with Gasteiger partial charge < -0.3 is 14.8 Å². The number of hydrogen-bond acceptors (Lipinski definition) is 3. The Balaban J connectivity index is 2.04. The van der Waals surface area contributed by atoms with Crippen molar-refractivity contribution >= 4 is 5.91 Å². The summed E-state index contributed by atoms with van der Waals surface area (Å²) in [6.45, 7) is 7.81. The van der Waals surface area contributed by atoms with E-state index in [4.69, 9.17) is 9.47 Å². The van der Waals surface area contributed by atoms with E-state index in [-0.39, 0.29) is 11.9 Å². The maximum atomic E-state index is 12.5. The van der Waals surface area contributed by atoms with E-state index in [0.29, 0.717) is 11.5 Å². The van der Waals surface area contributed by atoms with Gasteiger partial charge >= 0.3 is 0 Å². The Bertz CT molecular complexity index is 712. The molecule has 2 atom stereocenters. The van der Waals surface area contributed by atoms with Gasteiger partial charge in [0.1, 0.15) is 0 Å². The summed E-state index contributed by atoms with van der Waals surface area (Å²) in [7, 11) is 1.58. The predicted octanol–water partition coefficient (Wildman–Crippen LogP) is 3.96. The molecule has 0 fully saturated rings. The lowest BCUT2D eigenvalue weighted by atomic mass is 10.00. The van der Waals surface area contributed by atoms with Gasteiger partial charge in [-0.15, -0.1) is 0 Å². The summed E-state index contributed by atoms with van der Waals surface area (Å²) in [6.07, 6.45) is -0.617. The van der Waals surface area contributed by atoms with Gasteiger partial charge in [-0.1, -0.05) is 35.9 Å². The molecule has 2 aromatic carbocycles. The van der Waals surface area contributed by atoms with Crippen LogP contribution in [0.5, 0.6) is 11.5 Å². The molecule has 1 N–H and O–H groups in total. The zero-order valence-electron chi connectivity index (χ0n) is 14.9. The molecule has 0 bridgehead atoms. The number of benzene rings is 2. The number of hydrogen-bond donors (Lipinski definition) is 1. The summed E-state index contributed by atoms with van der Waals surface area (Å²) >= 11 is 0. The number of carbonyl (C=O) groups is 1. The van der Waals surface area contributed by atoms with Gasteiger partial charge in [0.25, 0.3) is 5.91 Å². The van der Waals surface area contributed by atoms with Crippen LogP contribution in [0.1, 0.15) is 36.6 Å². The van der Waals surface area contributed by atoms with Crippen LogP contribution in [0.15, 0.2) is 42.5 Å². The zero-order valence-corrected chi connectivity index (χ0v) is 14.9. The molecule has 0 aliphatic heterocycles. The molecule has 0 aliphatic carbocycles. The molecule has 0 spiro atoms. The van der Waals surface area contributed by atoms with Crippen LogP contribution in [0.25, 0.3) is 0 Å². The van der Waals surface area contributed by atoms with Crippen molar-refractivity contribution in [3.63, 3.8) is 0 Å². The summed E-state index contributed by atoms with van der Waals surface area (Å²) in [5.41, 5.74) is 3.45. The second kappa shape index (κ2) is 7.86. The van der Waals surface area contributed by atoms with E-state index in [1.54, 1.807) is 26.2 Å². The molecule has 128 valence electrons. The Morgan fingerprint density at radius 2 is 1.71 bits per heavy atom. The van der Waals surface area contributed by atoms with E-state index in [9.17, 15) is 4.79 Å². The highest BCUT2D eigenvalue weighted by Crippen LogP contribution is 2.27. The first-order valence-electron chi connectivity index (χ1n) is 8.09. The molecule has 4 heteroatoms. The van der Waals surface area contributed by atoms with Crippen LogP contribution >= 0.6 is 0 Å². The third-order valence-corrected chi connectivity index (χ3v) is 4.00. The number of amides is 1. The predicted molar refractivity (Wildman–Crippen MR) is 95.6 cm³/mol. The highest BCUT2D eigenvalue weighted by atomic mass is 16.5. The Morgan fingerprint density at radius 3 is 2.38 bits per heavy atom. The third-order valence-electron chi connectivity index (χ3n) is 4.00. The average Bonchev–Trinajstić information content (AvgIpc) is 2.57. The third kappa shape index (κ3) is 4.28. The molecule has 0 saturated carbocycles. The fourth-order valence-electron chi connectivity index (χ4n) is 2.60. The van der Waals surface area contributed by atoms with Crippen molar-refractivity contribution in [3.05, 3.63) is 59.2 Å². The van der Waals surface area contributed by atoms with Gasteiger partial charge in [0, 0.05) is 0 Å². The highest BCUT2D eigenvalue weighted by Gasteiger charge is 2.19. The molecule has 0 saturated heterocycles. The first-order valence-corrected chi connectivity index (χ1v) is 8.09. The largest absolute Gasteiger partial charge is 0.493 e. The fourth-order valence-corrected chi connectivity index (χ4v) is 2.60. The van der Waals surface area contributed by atoms with Crippen LogP contribution in [-0.2, 0) is 4.79 Å². The first kappa shape index (κ1) is 17.9. The van der Waals surface area contributed by atoms with Gasteiger partial charge in [0.15, 0.2) is 17.6 Å². The fraction of sp³-hybridized carbons (Fsp3) is 0.350. The minimum absolute atomic E-state index is 0.0823. The first-order chi connectivity index (χ1) is 11.4. The van der Waals surface area contributed by atoms with Gasteiger partial charge in [0.2, 0.25) is 0 Å². The number of rotatable bonds is 6. The maximum Gasteiger partial charge on any atom is 0.261 e. The van der Waals surface area contributed by atoms with Gasteiger partial charge in [-0.25, -0.2) is 0 Å². The summed E-state index contributed by atoms with van der Waals surface area (Å²) in [4.78, 5) is 12.5. The molecule has 4 nitrogen and oxygen atoms in total. The lowest BCUT2D eigenvalue weighted by molar-refractivity contribution is -0.127. The topological polar surface area (TPSA) is 47.6 Å². The molecule has 0 aliphatic rings. The molecule has 24 heavy (non-hydrogen) atoms. The van der Waals surface area contributed by atoms with Crippen molar-refractivity contribution in [2.45, 2.75) is 39.8 Å². The number of carbonyl (C=O) groups excluding carboxylic acids is 1. The molecule has 0 radical (unpaired) electrons. The molecule has 1 amide bonds. The van der Waals surface area contributed by atoms with Gasteiger partial charge in [-0.3, -0.25) is 4.79 Å². The molecule has 2 aromatic rings. The molecule has 2 unspecified atom stereocenters. The Labute approximate surface area is 143 Å². The number of methoxy groups -OCH3 is 1. The summed E-state index contributed by atoms with van der Waals surface area (Å²) in [5, 5.41) is 3.02. The van der Waals surface area contributed by atoms with E-state index < -0.39 is 6.10 Å². The Kier molecular flexibility index (Phi) is 5.85. The lowest BCUT2D eigenvalue weighted by Crippen LogP contribution is -2.38. The van der Waals surface area contributed by atoms with Crippen LogP contribution in [0.2, 0.25) is 0 Å². The molecule has 0 heterocycles. The quantitative estimate of drug-likeness (QED) is 0.874. The number of ether oxygens (including phenoxy) is 2. The second-order valence-electron chi connectivity index (χ2n) is 6.00. The van der Waals surface area contributed by atoms with E-state index >= 15 is 0 Å². The molecular weight excluding hydrogens is 302 g/mol. The van der Waals surface area contributed by atoms with E-state index in [0.717, 1.165) is 11.1 Å². The number of nitrogens with one attached hydrogen (secondary N) is 1. The normalized spacial score (nSPS) is 13.0. The van der Waals surface area contributed by atoms with Gasteiger partial charge in [0.05, 0.1) is 13.2 Å². The van der Waals surface area contributed by atoms with Crippen molar-refractivity contribution < 1.29 is 14.3 Å².